The number of rotatable bonds is 10. The number of amides is 1. The first kappa shape index (κ1) is 21.6. The fourth-order valence-electron chi connectivity index (χ4n) is 2.87. The van der Waals surface area contributed by atoms with Gasteiger partial charge in [-0.1, -0.05) is 24.6 Å². The minimum absolute atomic E-state index is 0.136. The molecule has 0 bridgehead atoms. The normalized spacial score (nSPS) is 12.0. The Labute approximate surface area is 165 Å². The monoisotopic (exact) mass is 387 g/mol. The summed E-state index contributed by atoms with van der Waals surface area (Å²) in [5.41, 5.74) is 3.18. The maximum atomic E-state index is 13.0. The van der Waals surface area contributed by atoms with Gasteiger partial charge in [0.15, 0.2) is 5.69 Å². The molecule has 0 saturated heterocycles. The number of carboxylic acid groups (broad SMARTS) is 1. The third kappa shape index (κ3) is 5.66. The number of ether oxygens (including phenoxy) is 1. The molecule has 1 N–H and O–H groups in total. The van der Waals surface area contributed by atoms with Crippen LogP contribution in [0, 0.1) is 19.8 Å². The second-order valence-corrected chi connectivity index (χ2v) is 6.96. The highest BCUT2D eigenvalue weighted by Crippen LogP contribution is 2.15. The van der Waals surface area contributed by atoms with Crippen molar-refractivity contribution >= 4 is 11.9 Å². The summed E-state index contributed by atoms with van der Waals surface area (Å²) in [4.78, 5) is 25.8. The third-order valence-corrected chi connectivity index (χ3v) is 4.51. The van der Waals surface area contributed by atoms with Gasteiger partial charge in [0.1, 0.15) is 0 Å². The van der Waals surface area contributed by atoms with Crippen molar-refractivity contribution in [1.29, 1.82) is 0 Å². The van der Waals surface area contributed by atoms with E-state index in [9.17, 15) is 14.7 Å². The molecule has 0 aliphatic heterocycles. The molecule has 7 heteroatoms. The van der Waals surface area contributed by atoms with E-state index in [4.69, 9.17) is 4.74 Å². The van der Waals surface area contributed by atoms with Crippen molar-refractivity contribution in [3.63, 3.8) is 0 Å². The van der Waals surface area contributed by atoms with Crippen LogP contribution < -0.4 is 0 Å². The van der Waals surface area contributed by atoms with E-state index in [2.05, 4.69) is 5.10 Å². The van der Waals surface area contributed by atoms with Gasteiger partial charge in [-0.2, -0.15) is 5.10 Å². The van der Waals surface area contributed by atoms with Crippen molar-refractivity contribution < 1.29 is 19.4 Å². The van der Waals surface area contributed by atoms with Crippen molar-refractivity contribution in [2.75, 3.05) is 26.3 Å². The molecule has 0 spiro atoms. The molecule has 1 atom stereocenters. The fraction of sp³-hybridized carbons (Fsp3) is 0.476. The molecule has 1 aromatic heterocycles. The van der Waals surface area contributed by atoms with E-state index in [0.29, 0.717) is 31.9 Å². The molecule has 0 aliphatic rings. The zero-order valence-corrected chi connectivity index (χ0v) is 17.0. The zero-order chi connectivity index (χ0) is 20.7. The van der Waals surface area contributed by atoms with E-state index in [1.54, 1.807) is 22.6 Å². The lowest BCUT2D eigenvalue weighted by Crippen LogP contribution is -2.38. The topological polar surface area (TPSA) is 84.7 Å². The number of hydrogen-bond acceptors (Lipinski definition) is 4. The molecule has 2 aromatic rings. The summed E-state index contributed by atoms with van der Waals surface area (Å²) in [5.74, 6) is -1.85. The molecule has 2 rings (SSSR count). The number of carbonyl (C=O) groups excluding carboxylic acids is 1. The van der Waals surface area contributed by atoms with Gasteiger partial charge in [0.25, 0.3) is 5.91 Å². The molecule has 1 unspecified atom stereocenters. The third-order valence-electron chi connectivity index (χ3n) is 4.51. The second kappa shape index (κ2) is 10.0. The fourth-order valence-corrected chi connectivity index (χ4v) is 2.87. The highest BCUT2D eigenvalue weighted by Gasteiger charge is 2.24. The predicted molar refractivity (Wildman–Crippen MR) is 107 cm³/mol. The van der Waals surface area contributed by atoms with Gasteiger partial charge in [0.05, 0.1) is 11.6 Å². The van der Waals surface area contributed by atoms with Crippen molar-refractivity contribution in [2.45, 2.75) is 34.1 Å². The summed E-state index contributed by atoms with van der Waals surface area (Å²) in [5, 5.41) is 13.7. The number of carboxylic acids is 1. The molecule has 0 fully saturated rings. The highest BCUT2D eigenvalue weighted by molar-refractivity contribution is 5.92. The smallest absolute Gasteiger partial charge is 0.308 e. The molecule has 152 valence electrons. The van der Waals surface area contributed by atoms with E-state index in [-0.39, 0.29) is 12.5 Å². The summed E-state index contributed by atoms with van der Waals surface area (Å²) in [7, 11) is 0. The Bertz CT molecular complexity index is 798. The standard InChI is InChI=1S/C21H29N3O4/c1-5-28-12-6-11-23(14-16(3)21(26)27)20(25)19-13-17(4)24(22-19)18-9-7-15(2)8-10-18/h7-10,13,16H,5-6,11-12,14H2,1-4H3,(H,26,27). The van der Waals surface area contributed by atoms with Gasteiger partial charge in [0.2, 0.25) is 0 Å². The Morgan fingerprint density at radius 1 is 1.25 bits per heavy atom. The quantitative estimate of drug-likeness (QED) is 0.633. The Hall–Kier alpha value is -2.67. The molecular weight excluding hydrogens is 358 g/mol. The summed E-state index contributed by atoms with van der Waals surface area (Å²) in [6.45, 7) is 9.11. The SMILES string of the molecule is CCOCCCN(CC(C)C(=O)O)C(=O)c1cc(C)n(-c2ccc(C)cc2)n1. The van der Waals surface area contributed by atoms with E-state index in [0.717, 1.165) is 16.9 Å². The van der Waals surface area contributed by atoms with Gasteiger partial charge in [-0.05, 0) is 45.4 Å². The Morgan fingerprint density at radius 2 is 1.93 bits per heavy atom. The van der Waals surface area contributed by atoms with Crippen molar-refractivity contribution in [1.82, 2.24) is 14.7 Å². The van der Waals surface area contributed by atoms with Gasteiger partial charge >= 0.3 is 5.97 Å². The molecule has 28 heavy (non-hydrogen) atoms. The minimum atomic E-state index is -0.927. The van der Waals surface area contributed by atoms with E-state index < -0.39 is 11.9 Å². The first-order chi connectivity index (χ1) is 13.3. The molecule has 0 aliphatic carbocycles. The van der Waals surface area contributed by atoms with Crippen LogP contribution in [0.2, 0.25) is 0 Å². The van der Waals surface area contributed by atoms with Crippen molar-refractivity contribution in [3.8, 4) is 5.69 Å². The maximum absolute atomic E-state index is 13.0. The van der Waals surface area contributed by atoms with Crippen LogP contribution in [0.25, 0.3) is 5.69 Å². The highest BCUT2D eigenvalue weighted by atomic mass is 16.5. The van der Waals surface area contributed by atoms with Crippen LogP contribution in [0.15, 0.2) is 30.3 Å². The van der Waals surface area contributed by atoms with E-state index in [1.807, 2.05) is 45.0 Å². The molecular formula is C21H29N3O4. The first-order valence-electron chi connectivity index (χ1n) is 9.57. The van der Waals surface area contributed by atoms with Crippen LogP contribution >= 0.6 is 0 Å². The Morgan fingerprint density at radius 3 is 2.54 bits per heavy atom. The lowest BCUT2D eigenvalue weighted by Gasteiger charge is -2.23. The number of aromatic nitrogens is 2. The number of nitrogens with zero attached hydrogens (tertiary/aromatic N) is 3. The molecule has 1 amide bonds. The Kier molecular flexibility index (Phi) is 7.75. The van der Waals surface area contributed by atoms with Crippen molar-refractivity contribution in [3.05, 3.63) is 47.3 Å². The predicted octanol–water partition coefficient (Wildman–Crippen LogP) is 3.08. The van der Waals surface area contributed by atoms with Crippen LogP contribution in [0.4, 0.5) is 0 Å². The number of aliphatic carboxylic acids is 1. The molecule has 1 heterocycles. The summed E-state index contributed by atoms with van der Waals surface area (Å²) < 4.78 is 7.07. The molecule has 0 saturated carbocycles. The largest absolute Gasteiger partial charge is 0.481 e. The van der Waals surface area contributed by atoms with Crippen LogP contribution in [-0.2, 0) is 9.53 Å². The van der Waals surface area contributed by atoms with Crippen LogP contribution in [0.5, 0.6) is 0 Å². The van der Waals surface area contributed by atoms with Crippen molar-refractivity contribution in [2.24, 2.45) is 5.92 Å². The Balaban J connectivity index is 2.21. The number of aryl methyl sites for hydroxylation is 2. The lowest BCUT2D eigenvalue weighted by molar-refractivity contribution is -0.141. The number of carbonyl (C=O) groups is 2. The van der Waals surface area contributed by atoms with Gasteiger partial charge in [-0.15, -0.1) is 0 Å². The van der Waals surface area contributed by atoms with E-state index >= 15 is 0 Å². The minimum Gasteiger partial charge on any atom is -0.481 e. The molecule has 1 aromatic carbocycles. The van der Waals surface area contributed by atoms with E-state index in [1.165, 1.54) is 0 Å². The zero-order valence-electron chi connectivity index (χ0n) is 17.0. The average Bonchev–Trinajstić information content (AvgIpc) is 3.05. The molecule has 0 radical (unpaired) electrons. The van der Waals surface area contributed by atoms with Crippen LogP contribution in [0.3, 0.4) is 0 Å². The van der Waals surface area contributed by atoms with Gasteiger partial charge in [-0.25, -0.2) is 4.68 Å². The summed E-state index contributed by atoms with van der Waals surface area (Å²) in [6.07, 6.45) is 0.642. The van der Waals surface area contributed by atoms with Gasteiger partial charge in [0, 0.05) is 32.0 Å². The van der Waals surface area contributed by atoms with Crippen LogP contribution in [-0.4, -0.2) is 58.0 Å². The molecule has 7 nitrogen and oxygen atoms in total. The lowest BCUT2D eigenvalue weighted by atomic mass is 10.1. The maximum Gasteiger partial charge on any atom is 0.308 e. The summed E-state index contributed by atoms with van der Waals surface area (Å²) >= 11 is 0. The van der Waals surface area contributed by atoms with Gasteiger partial charge < -0.3 is 14.7 Å². The first-order valence-corrected chi connectivity index (χ1v) is 9.57. The average molecular weight is 387 g/mol. The second-order valence-electron chi connectivity index (χ2n) is 6.96. The summed E-state index contributed by atoms with van der Waals surface area (Å²) in [6, 6.07) is 9.63. The van der Waals surface area contributed by atoms with Gasteiger partial charge in [-0.3, -0.25) is 9.59 Å². The van der Waals surface area contributed by atoms with Crippen LogP contribution in [0.1, 0.15) is 42.0 Å². The number of hydrogen-bond donors (Lipinski definition) is 1. The number of benzene rings is 1.